The van der Waals surface area contributed by atoms with E-state index in [9.17, 15) is 5.26 Å². The number of rotatable bonds is 13. The molecule has 0 radical (unpaired) electrons. The normalized spacial score (nSPS) is 11.8. The van der Waals surface area contributed by atoms with Crippen LogP contribution in [0.3, 0.4) is 0 Å². The summed E-state index contributed by atoms with van der Waals surface area (Å²) in [6, 6.07) is 19.5. The lowest BCUT2D eigenvalue weighted by Crippen LogP contribution is -2.01. The van der Waals surface area contributed by atoms with Crippen LogP contribution in [0.2, 0.25) is 0 Å². The van der Waals surface area contributed by atoms with Gasteiger partial charge in [-0.25, -0.2) is 9.97 Å². The number of unbranched alkanes of at least 4 members (excludes halogenated alkanes) is 5. The van der Waals surface area contributed by atoms with E-state index in [1.807, 2.05) is 12.4 Å². The van der Waals surface area contributed by atoms with Crippen LogP contribution in [0, 0.1) is 17.2 Å². The maximum Gasteiger partial charge on any atom is 0.159 e. The van der Waals surface area contributed by atoms with Crippen LogP contribution in [-0.2, 0) is 12.8 Å². The summed E-state index contributed by atoms with van der Waals surface area (Å²) in [4.78, 5) is 9.21. The van der Waals surface area contributed by atoms with Crippen molar-refractivity contribution in [1.29, 1.82) is 5.26 Å². The fourth-order valence-electron chi connectivity index (χ4n) is 4.23. The van der Waals surface area contributed by atoms with Crippen LogP contribution in [0.4, 0.5) is 0 Å². The Bertz CT molecular complexity index is 983. The Morgan fingerprint density at radius 2 is 1.27 bits per heavy atom. The molecule has 0 aliphatic rings. The van der Waals surface area contributed by atoms with Crippen LogP contribution >= 0.6 is 0 Å². The largest absolute Gasteiger partial charge is 0.236 e. The smallest absolute Gasteiger partial charge is 0.159 e. The van der Waals surface area contributed by atoms with Crippen molar-refractivity contribution < 1.29 is 0 Å². The molecule has 1 aromatic heterocycles. The molecule has 1 atom stereocenters. The lowest BCUT2D eigenvalue weighted by Gasteiger charge is -2.09. The second kappa shape index (κ2) is 13.5. The third-order valence-electron chi connectivity index (χ3n) is 6.26. The number of benzene rings is 2. The lowest BCUT2D eigenvalue weighted by molar-refractivity contribution is 0.590. The number of nitriles is 1. The predicted octanol–water partition coefficient (Wildman–Crippen LogP) is 8.20. The van der Waals surface area contributed by atoms with Crippen molar-refractivity contribution in [3.05, 3.63) is 72.1 Å². The molecule has 3 nitrogen and oxygen atoms in total. The zero-order valence-electron chi connectivity index (χ0n) is 20.3. The SMILES string of the molecule is CCCCCCCCc1cnc(-c2ccc(-c3ccc(CC(C#N)CCC)cc3)cc2)nc1. The van der Waals surface area contributed by atoms with Crippen molar-refractivity contribution in [2.45, 2.75) is 78.1 Å². The van der Waals surface area contributed by atoms with Gasteiger partial charge in [0.25, 0.3) is 0 Å². The van der Waals surface area contributed by atoms with Crippen molar-refractivity contribution in [3.63, 3.8) is 0 Å². The minimum Gasteiger partial charge on any atom is -0.236 e. The molecule has 0 aliphatic carbocycles. The molecule has 1 unspecified atom stereocenters. The summed E-state index contributed by atoms with van der Waals surface area (Å²) in [7, 11) is 0. The molecule has 0 saturated carbocycles. The van der Waals surface area contributed by atoms with Crippen molar-refractivity contribution in [2.75, 3.05) is 0 Å². The molecule has 33 heavy (non-hydrogen) atoms. The maximum absolute atomic E-state index is 9.30. The van der Waals surface area contributed by atoms with E-state index in [1.54, 1.807) is 0 Å². The second-order valence-electron chi connectivity index (χ2n) is 9.03. The van der Waals surface area contributed by atoms with Crippen LogP contribution in [0.1, 0.15) is 76.3 Å². The van der Waals surface area contributed by atoms with Gasteiger partial charge in [0.05, 0.1) is 12.0 Å². The maximum atomic E-state index is 9.30. The van der Waals surface area contributed by atoms with Gasteiger partial charge in [-0.2, -0.15) is 5.26 Å². The first-order valence-electron chi connectivity index (χ1n) is 12.6. The van der Waals surface area contributed by atoms with E-state index in [2.05, 4.69) is 78.4 Å². The van der Waals surface area contributed by atoms with Crippen LogP contribution in [-0.4, -0.2) is 9.97 Å². The number of aromatic nitrogens is 2. The van der Waals surface area contributed by atoms with E-state index in [-0.39, 0.29) is 5.92 Å². The molecule has 0 bridgehead atoms. The summed E-state index contributed by atoms with van der Waals surface area (Å²) < 4.78 is 0. The predicted molar refractivity (Wildman–Crippen MR) is 138 cm³/mol. The highest BCUT2D eigenvalue weighted by molar-refractivity contribution is 5.67. The summed E-state index contributed by atoms with van der Waals surface area (Å²) in [5, 5.41) is 9.30. The first kappa shape index (κ1) is 24.6. The number of hydrogen-bond acceptors (Lipinski definition) is 3. The van der Waals surface area contributed by atoms with Gasteiger partial charge in [-0.15, -0.1) is 0 Å². The molecule has 3 aromatic rings. The molecular weight excluding hydrogens is 402 g/mol. The van der Waals surface area contributed by atoms with Crippen LogP contribution in [0.15, 0.2) is 60.9 Å². The molecular formula is C30H37N3. The van der Waals surface area contributed by atoms with Gasteiger partial charge in [0.1, 0.15) is 0 Å². The van der Waals surface area contributed by atoms with E-state index in [0.717, 1.165) is 37.1 Å². The average Bonchev–Trinajstić information content (AvgIpc) is 2.87. The van der Waals surface area contributed by atoms with Crippen LogP contribution in [0.25, 0.3) is 22.5 Å². The molecule has 0 fully saturated rings. The zero-order valence-corrected chi connectivity index (χ0v) is 20.3. The van der Waals surface area contributed by atoms with Crippen LogP contribution < -0.4 is 0 Å². The summed E-state index contributed by atoms with van der Waals surface area (Å²) in [5.41, 5.74) is 5.85. The van der Waals surface area contributed by atoms with E-state index >= 15 is 0 Å². The van der Waals surface area contributed by atoms with Crippen LogP contribution in [0.5, 0.6) is 0 Å². The topological polar surface area (TPSA) is 49.6 Å². The highest BCUT2D eigenvalue weighted by Crippen LogP contribution is 2.24. The molecule has 0 N–H and O–H groups in total. The van der Waals surface area contributed by atoms with Crippen molar-refractivity contribution in [1.82, 2.24) is 9.97 Å². The van der Waals surface area contributed by atoms with E-state index in [4.69, 9.17) is 0 Å². The molecule has 0 aliphatic heterocycles. The molecule has 3 heteroatoms. The summed E-state index contributed by atoms with van der Waals surface area (Å²) in [6.45, 7) is 4.39. The zero-order chi connectivity index (χ0) is 23.3. The standard InChI is InChI=1S/C30H37N3/c1-3-5-6-7-8-9-11-26-22-32-30(33-23-26)29-18-16-28(17-19-29)27-14-12-24(13-15-27)20-25(21-31)10-4-2/h12-19,22-23,25H,3-11,20H2,1-2H3. The number of hydrogen-bond donors (Lipinski definition) is 0. The van der Waals surface area contributed by atoms with E-state index < -0.39 is 0 Å². The first-order valence-corrected chi connectivity index (χ1v) is 12.6. The number of nitrogens with zero attached hydrogens (tertiary/aromatic N) is 3. The van der Waals surface area contributed by atoms with E-state index in [1.165, 1.54) is 60.8 Å². The van der Waals surface area contributed by atoms with Crippen molar-refractivity contribution in [2.24, 2.45) is 5.92 Å². The van der Waals surface area contributed by atoms with Gasteiger partial charge >= 0.3 is 0 Å². The summed E-state index contributed by atoms with van der Waals surface area (Å²) >= 11 is 0. The molecule has 1 heterocycles. The lowest BCUT2D eigenvalue weighted by atomic mass is 9.95. The minimum absolute atomic E-state index is 0.109. The van der Waals surface area contributed by atoms with Gasteiger partial charge < -0.3 is 0 Å². The Morgan fingerprint density at radius 3 is 1.88 bits per heavy atom. The summed E-state index contributed by atoms with van der Waals surface area (Å²) in [5.74, 6) is 0.888. The van der Waals surface area contributed by atoms with Gasteiger partial charge in [-0.3, -0.25) is 0 Å². The van der Waals surface area contributed by atoms with Gasteiger partial charge in [0.15, 0.2) is 5.82 Å². The highest BCUT2D eigenvalue weighted by Gasteiger charge is 2.08. The van der Waals surface area contributed by atoms with Gasteiger partial charge in [0.2, 0.25) is 0 Å². The molecule has 0 saturated heterocycles. The van der Waals surface area contributed by atoms with Crippen molar-refractivity contribution >= 4 is 0 Å². The molecule has 0 spiro atoms. The third-order valence-corrected chi connectivity index (χ3v) is 6.26. The van der Waals surface area contributed by atoms with Gasteiger partial charge in [-0.05, 0) is 47.9 Å². The molecule has 3 rings (SSSR count). The Labute approximate surface area is 199 Å². The minimum atomic E-state index is 0.109. The Hall–Kier alpha value is -2.99. The Morgan fingerprint density at radius 1 is 0.697 bits per heavy atom. The highest BCUT2D eigenvalue weighted by atomic mass is 14.9. The van der Waals surface area contributed by atoms with Crippen molar-refractivity contribution in [3.8, 4) is 28.6 Å². The van der Waals surface area contributed by atoms with E-state index in [0.29, 0.717) is 0 Å². The van der Waals surface area contributed by atoms with Gasteiger partial charge in [0, 0.05) is 18.0 Å². The first-order chi connectivity index (χ1) is 16.2. The average molecular weight is 440 g/mol. The Kier molecular flexibility index (Phi) is 10.1. The fourth-order valence-corrected chi connectivity index (χ4v) is 4.23. The quantitative estimate of drug-likeness (QED) is 0.252. The Balaban J connectivity index is 1.55. The molecule has 172 valence electrons. The molecule has 2 aromatic carbocycles. The fraction of sp³-hybridized carbons (Fsp3) is 0.433. The molecule has 0 amide bonds. The monoisotopic (exact) mass is 439 g/mol. The number of aryl methyl sites for hydroxylation is 1. The summed E-state index contributed by atoms with van der Waals surface area (Å²) in [6.07, 6.45) is 15.7. The van der Waals surface area contributed by atoms with Gasteiger partial charge in [-0.1, -0.05) is 101 Å². The third kappa shape index (κ3) is 7.82. The second-order valence-corrected chi connectivity index (χ2v) is 9.03.